The maximum absolute atomic E-state index is 13.5. The van der Waals surface area contributed by atoms with Gasteiger partial charge >= 0.3 is 6.09 Å². The molecule has 2 amide bonds. The zero-order valence-electron chi connectivity index (χ0n) is 20.2. The third kappa shape index (κ3) is 6.41. The van der Waals surface area contributed by atoms with Crippen molar-refractivity contribution in [2.75, 3.05) is 16.4 Å². The van der Waals surface area contributed by atoms with Gasteiger partial charge in [-0.3, -0.25) is 4.79 Å². The molecule has 1 N–H and O–H groups in total. The fraction of sp³-hybridized carbons (Fsp3) is 0.400. The van der Waals surface area contributed by atoms with Crippen molar-refractivity contribution in [1.82, 2.24) is 5.32 Å². The predicted octanol–water partition coefficient (Wildman–Crippen LogP) is 4.08. The number of para-hydroxylation sites is 1. The van der Waals surface area contributed by atoms with E-state index >= 15 is 0 Å². The maximum Gasteiger partial charge on any atom is 0.408 e. The standard InChI is InChI=1S/C25H28ClN3O5S2/c1-25(2,3)34-24(31)27-18(13-16-9-5-4-6-10-16)22(30)28-23-29(19-12-8-7-11-17(19)26)20-14-36(32,33)15-21(20)35-23/h4-12,18,20-21H,13-15H2,1-3H3,(H,27,31)/t18-,20+,21+/m1/s1. The van der Waals surface area contributed by atoms with Gasteiger partial charge in [0.1, 0.15) is 11.6 Å². The molecule has 2 fully saturated rings. The van der Waals surface area contributed by atoms with E-state index in [1.807, 2.05) is 30.3 Å². The number of nitrogens with zero attached hydrogens (tertiary/aromatic N) is 2. The van der Waals surface area contributed by atoms with E-state index in [1.54, 1.807) is 49.9 Å². The van der Waals surface area contributed by atoms with Crippen molar-refractivity contribution < 1.29 is 22.7 Å². The first-order chi connectivity index (χ1) is 16.9. The SMILES string of the molecule is CC(C)(C)OC(=O)N[C@H](Cc1ccccc1)C(=O)N=C1S[C@H]2CS(=O)(=O)C[C@@H]2N1c1ccccc1Cl. The molecular formula is C25H28ClN3O5S2. The monoisotopic (exact) mass is 549 g/mol. The molecule has 0 bridgehead atoms. The summed E-state index contributed by atoms with van der Waals surface area (Å²) in [5.41, 5.74) is 0.696. The zero-order valence-corrected chi connectivity index (χ0v) is 22.6. The number of alkyl carbamates (subject to hydrolysis) is 1. The summed E-state index contributed by atoms with van der Waals surface area (Å²) < 4.78 is 30.0. The van der Waals surface area contributed by atoms with Crippen LogP contribution in [-0.2, 0) is 25.8 Å². The molecule has 0 saturated carbocycles. The van der Waals surface area contributed by atoms with Crippen LogP contribution in [0.2, 0.25) is 5.02 Å². The van der Waals surface area contributed by atoms with E-state index < -0.39 is 39.5 Å². The quantitative estimate of drug-likeness (QED) is 0.599. The molecule has 0 spiro atoms. The molecule has 0 aliphatic carbocycles. The molecule has 2 heterocycles. The van der Waals surface area contributed by atoms with Gasteiger partial charge in [-0.2, -0.15) is 4.99 Å². The summed E-state index contributed by atoms with van der Waals surface area (Å²) in [6.07, 6.45) is -0.504. The lowest BCUT2D eigenvalue weighted by molar-refractivity contribution is -0.119. The van der Waals surface area contributed by atoms with Crippen LogP contribution >= 0.6 is 23.4 Å². The topological polar surface area (TPSA) is 105 Å². The summed E-state index contributed by atoms with van der Waals surface area (Å²) in [6, 6.07) is 15.0. The lowest BCUT2D eigenvalue weighted by Gasteiger charge is -2.26. The maximum atomic E-state index is 13.5. The number of hydrogen-bond donors (Lipinski definition) is 1. The highest BCUT2D eigenvalue weighted by Crippen LogP contribution is 2.43. The molecule has 192 valence electrons. The van der Waals surface area contributed by atoms with Crippen LogP contribution in [0.4, 0.5) is 10.5 Å². The van der Waals surface area contributed by atoms with E-state index in [-0.39, 0.29) is 23.2 Å². The molecule has 4 rings (SSSR count). The van der Waals surface area contributed by atoms with Crippen molar-refractivity contribution in [2.24, 2.45) is 4.99 Å². The van der Waals surface area contributed by atoms with Gasteiger partial charge in [0, 0.05) is 11.7 Å². The fourth-order valence-electron chi connectivity index (χ4n) is 4.17. The summed E-state index contributed by atoms with van der Waals surface area (Å²) in [5.74, 6) is -0.612. The van der Waals surface area contributed by atoms with Crippen LogP contribution in [-0.4, -0.2) is 60.0 Å². The van der Waals surface area contributed by atoms with E-state index in [0.29, 0.717) is 15.9 Å². The molecule has 2 aromatic rings. The summed E-state index contributed by atoms with van der Waals surface area (Å²) in [6.45, 7) is 5.22. The van der Waals surface area contributed by atoms with Gasteiger partial charge < -0.3 is 15.0 Å². The number of benzene rings is 2. The Morgan fingerprint density at radius 3 is 2.47 bits per heavy atom. The molecular weight excluding hydrogens is 522 g/mol. The molecule has 8 nitrogen and oxygen atoms in total. The van der Waals surface area contributed by atoms with E-state index in [0.717, 1.165) is 5.56 Å². The van der Waals surface area contributed by atoms with Crippen molar-refractivity contribution in [2.45, 2.75) is 50.1 Å². The molecule has 36 heavy (non-hydrogen) atoms. The summed E-state index contributed by atoms with van der Waals surface area (Å²) >= 11 is 7.70. The Hall–Kier alpha value is -2.56. The van der Waals surface area contributed by atoms with Crippen LogP contribution < -0.4 is 10.2 Å². The second-order valence-electron chi connectivity index (χ2n) is 9.74. The first-order valence-electron chi connectivity index (χ1n) is 11.5. The van der Waals surface area contributed by atoms with Gasteiger partial charge in [-0.15, -0.1) is 0 Å². The predicted molar refractivity (Wildman–Crippen MR) is 143 cm³/mol. The summed E-state index contributed by atoms with van der Waals surface area (Å²) in [7, 11) is -3.22. The number of carbonyl (C=O) groups excluding carboxylic acids is 2. The Labute approximate surface area is 220 Å². The molecule has 2 aromatic carbocycles. The van der Waals surface area contributed by atoms with Gasteiger partial charge in [-0.25, -0.2) is 13.2 Å². The highest BCUT2D eigenvalue weighted by Gasteiger charge is 2.50. The number of nitrogens with one attached hydrogen (secondary N) is 1. The van der Waals surface area contributed by atoms with Crippen LogP contribution in [0.3, 0.4) is 0 Å². The molecule has 0 radical (unpaired) electrons. The molecule has 2 saturated heterocycles. The van der Waals surface area contributed by atoms with Crippen molar-refractivity contribution in [3.8, 4) is 0 Å². The number of sulfone groups is 1. The highest BCUT2D eigenvalue weighted by molar-refractivity contribution is 8.16. The van der Waals surface area contributed by atoms with Gasteiger partial charge in [0.15, 0.2) is 15.0 Å². The Morgan fingerprint density at radius 1 is 1.14 bits per heavy atom. The van der Waals surface area contributed by atoms with E-state index in [1.165, 1.54) is 11.8 Å². The number of hydrogen-bond acceptors (Lipinski definition) is 6. The first-order valence-corrected chi connectivity index (χ1v) is 14.6. The minimum absolute atomic E-state index is 0.0000981. The average Bonchev–Trinajstić information content (AvgIpc) is 3.24. The smallest absolute Gasteiger partial charge is 0.408 e. The number of aliphatic imine (C=N–C) groups is 1. The second-order valence-corrected chi connectivity index (χ2v) is 13.5. The van der Waals surface area contributed by atoms with Crippen LogP contribution in [0.15, 0.2) is 59.6 Å². The lowest BCUT2D eigenvalue weighted by atomic mass is 10.1. The molecule has 11 heteroatoms. The third-order valence-electron chi connectivity index (χ3n) is 5.66. The Morgan fingerprint density at radius 2 is 1.81 bits per heavy atom. The van der Waals surface area contributed by atoms with Crippen LogP contribution in [0.1, 0.15) is 26.3 Å². The summed E-state index contributed by atoms with van der Waals surface area (Å²) in [5, 5.41) is 3.17. The van der Waals surface area contributed by atoms with Crippen molar-refractivity contribution in [3.63, 3.8) is 0 Å². The number of amidine groups is 1. The van der Waals surface area contributed by atoms with Gasteiger partial charge in [-0.05, 0) is 38.5 Å². The highest BCUT2D eigenvalue weighted by atomic mass is 35.5. The number of amides is 2. The van der Waals surface area contributed by atoms with E-state index in [4.69, 9.17) is 16.3 Å². The van der Waals surface area contributed by atoms with Crippen LogP contribution in [0, 0.1) is 0 Å². The normalized spacial score (nSPS) is 22.8. The van der Waals surface area contributed by atoms with E-state index in [9.17, 15) is 18.0 Å². The number of fused-ring (bicyclic) bond motifs is 1. The number of thioether (sulfide) groups is 1. The van der Waals surface area contributed by atoms with Gasteiger partial charge in [0.2, 0.25) is 0 Å². The molecule has 2 aliphatic heterocycles. The van der Waals surface area contributed by atoms with Crippen LogP contribution in [0.25, 0.3) is 0 Å². The molecule has 0 unspecified atom stereocenters. The van der Waals surface area contributed by atoms with E-state index in [2.05, 4.69) is 10.3 Å². The fourth-order valence-corrected chi connectivity index (χ4v) is 8.30. The van der Waals surface area contributed by atoms with Gasteiger partial charge in [0.25, 0.3) is 5.91 Å². The average molecular weight is 550 g/mol. The minimum Gasteiger partial charge on any atom is -0.444 e. The van der Waals surface area contributed by atoms with Crippen molar-refractivity contribution in [3.05, 3.63) is 65.2 Å². The number of anilines is 1. The Bertz CT molecular complexity index is 1280. The third-order valence-corrected chi connectivity index (χ3v) is 9.19. The number of ether oxygens (including phenoxy) is 1. The number of rotatable bonds is 5. The molecule has 0 aromatic heterocycles. The van der Waals surface area contributed by atoms with Crippen molar-refractivity contribution >= 4 is 56.1 Å². The van der Waals surface area contributed by atoms with Crippen molar-refractivity contribution in [1.29, 1.82) is 0 Å². The molecule has 2 aliphatic rings. The molecule has 3 atom stereocenters. The number of halogens is 1. The second kappa shape index (κ2) is 10.4. The Balaban J connectivity index is 1.66. The minimum atomic E-state index is -3.22. The largest absolute Gasteiger partial charge is 0.444 e. The van der Waals surface area contributed by atoms with Gasteiger partial charge in [0.05, 0.1) is 28.3 Å². The van der Waals surface area contributed by atoms with Gasteiger partial charge in [-0.1, -0.05) is 65.8 Å². The van der Waals surface area contributed by atoms with Crippen LogP contribution in [0.5, 0.6) is 0 Å². The summed E-state index contributed by atoms with van der Waals surface area (Å²) in [4.78, 5) is 32.1. The zero-order chi connectivity index (χ0) is 26.1. The Kier molecular flexibility index (Phi) is 7.68. The lowest BCUT2D eigenvalue weighted by Crippen LogP contribution is -2.45. The number of carbonyl (C=O) groups is 2. The first kappa shape index (κ1) is 26.5.